The molecular formula is C13H19N3O2. The molecule has 0 radical (unpaired) electrons. The first-order valence-electron chi connectivity index (χ1n) is 6.30. The van der Waals surface area contributed by atoms with Crippen LogP contribution in [0, 0.1) is 0 Å². The number of carbonyl (C=O) groups excluding carboxylic acids is 1. The lowest BCUT2D eigenvalue weighted by Crippen LogP contribution is -2.43. The van der Waals surface area contributed by atoms with E-state index >= 15 is 0 Å². The van der Waals surface area contributed by atoms with Crippen molar-refractivity contribution in [3.05, 3.63) is 34.2 Å². The number of carbonyl (C=O) groups is 1. The van der Waals surface area contributed by atoms with Gasteiger partial charge in [-0.3, -0.25) is 9.59 Å². The molecule has 1 aromatic rings. The lowest BCUT2D eigenvalue weighted by atomic mass is 9.91. The first-order chi connectivity index (χ1) is 8.59. The molecule has 18 heavy (non-hydrogen) atoms. The fourth-order valence-electron chi connectivity index (χ4n) is 2.43. The normalized spacial score (nSPS) is 23.7. The Morgan fingerprint density at radius 1 is 1.39 bits per heavy atom. The standard InChI is InChI=1S/C13H19N3O2/c1-16(10-6-4-9(14)5-7-10)13(18)11-3-2-8-15-12(11)17/h2-3,8-10H,4-7,14H2,1H3,(H,15,17). The van der Waals surface area contributed by atoms with Crippen molar-refractivity contribution >= 4 is 5.91 Å². The molecule has 98 valence electrons. The predicted molar refractivity (Wildman–Crippen MR) is 69.4 cm³/mol. The van der Waals surface area contributed by atoms with Crippen LogP contribution < -0.4 is 11.3 Å². The summed E-state index contributed by atoms with van der Waals surface area (Å²) in [4.78, 5) is 28.0. The number of aromatic amines is 1. The van der Waals surface area contributed by atoms with Gasteiger partial charge in [0.15, 0.2) is 0 Å². The Kier molecular flexibility index (Phi) is 3.81. The average molecular weight is 249 g/mol. The minimum absolute atomic E-state index is 0.192. The zero-order chi connectivity index (χ0) is 13.1. The van der Waals surface area contributed by atoms with E-state index in [1.54, 1.807) is 24.1 Å². The van der Waals surface area contributed by atoms with Gasteiger partial charge < -0.3 is 15.6 Å². The van der Waals surface area contributed by atoms with Crippen molar-refractivity contribution in [3.8, 4) is 0 Å². The van der Waals surface area contributed by atoms with Crippen LogP contribution in [0.3, 0.4) is 0 Å². The number of H-pyrrole nitrogens is 1. The zero-order valence-corrected chi connectivity index (χ0v) is 10.6. The molecule has 0 atom stereocenters. The molecule has 1 fully saturated rings. The molecule has 0 spiro atoms. The van der Waals surface area contributed by atoms with Gasteiger partial charge >= 0.3 is 0 Å². The van der Waals surface area contributed by atoms with Crippen LogP contribution in [0.2, 0.25) is 0 Å². The number of nitrogens with zero attached hydrogens (tertiary/aromatic N) is 1. The Hall–Kier alpha value is -1.62. The summed E-state index contributed by atoms with van der Waals surface area (Å²) in [6, 6.07) is 3.67. The lowest BCUT2D eigenvalue weighted by Gasteiger charge is -2.33. The Balaban J connectivity index is 2.10. The summed E-state index contributed by atoms with van der Waals surface area (Å²) in [7, 11) is 1.76. The number of pyridine rings is 1. The summed E-state index contributed by atoms with van der Waals surface area (Å²) in [6.45, 7) is 0. The largest absolute Gasteiger partial charge is 0.339 e. The topological polar surface area (TPSA) is 79.2 Å². The van der Waals surface area contributed by atoms with Crippen LogP contribution in [0.15, 0.2) is 23.1 Å². The maximum absolute atomic E-state index is 12.2. The molecule has 0 unspecified atom stereocenters. The summed E-state index contributed by atoms with van der Waals surface area (Å²) in [5.74, 6) is -0.211. The van der Waals surface area contributed by atoms with Crippen LogP contribution in [0.4, 0.5) is 0 Å². The fourth-order valence-corrected chi connectivity index (χ4v) is 2.43. The van der Waals surface area contributed by atoms with Crippen molar-refractivity contribution in [2.75, 3.05) is 7.05 Å². The van der Waals surface area contributed by atoms with Gasteiger partial charge in [-0.15, -0.1) is 0 Å². The van der Waals surface area contributed by atoms with Gasteiger partial charge in [-0.25, -0.2) is 0 Å². The molecule has 5 heteroatoms. The van der Waals surface area contributed by atoms with E-state index in [9.17, 15) is 9.59 Å². The Labute approximate surface area is 106 Å². The van der Waals surface area contributed by atoms with Crippen molar-refractivity contribution in [2.45, 2.75) is 37.8 Å². The summed E-state index contributed by atoms with van der Waals surface area (Å²) < 4.78 is 0. The van der Waals surface area contributed by atoms with Gasteiger partial charge in [0.1, 0.15) is 5.56 Å². The third-order valence-electron chi connectivity index (χ3n) is 3.66. The number of aromatic nitrogens is 1. The molecular weight excluding hydrogens is 230 g/mol. The molecule has 1 aliphatic carbocycles. The average Bonchev–Trinajstić information content (AvgIpc) is 2.38. The third-order valence-corrected chi connectivity index (χ3v) is 3.66. The quantitative estimate of drug-likeness (QED) is 0.810. The number of nitrogens with one attached hydrogen (secondary N) is 1. The molecule has 1 aromatic heterocycles. The highest BCUT2D eigenvalue weighted by molar-refractivity contribution is 5.93. The first-order valence-corrected chi connectivity index (χ1v) is 6.30. The second-order valence-electron chi connectivity index (χ2n) is 4.90. The molecule has 5 nitrogen and oxygen atoms in total. The van der Waals surface area contributed by atoms with E-state index in [0.29, 0.717) is 0 Å². The number of nitrogens with two attached hydrogens (primary N) is 1. The van der Waals surface area contributed by atoms with Gasteiger partial charge in [-0.1, -0.05) is 0 Å². The van der Waals surface area contributed by atoms with E-state index in [4.69, 9.17) is 5.73 Å². The Morgan fingerprint density at radius 3 is 2.67 bits per heavy atom. The predicted octanol–water partition coefficient (Wildman–Crippen LogP) is 0.717. The fraction of sp³-hybridized carbons (Fsp3) is 0.538. The van der Waals surface area contributed by atoms with Crippen LogP contribution in [-0.2, 0) is 0 Å². The van der Waals surface area contributed by atoms with Crippen LogP contribution in [0.25, 0.3) is 0 Å². The van der Waals surface area contributed by atoms with Crippen LogP contribution in [0.5, 0.6) is 0 Å². The summed E-state index contributed by atoms with van der Waals surface area (Å²) in [5, 5.41) is 0. The minimum atomic E-state index is -0.332. The maximum atomic E-state index is 12.2. The van der Waals surface area contributed by atoms with Gasteiger partial charge in [-0.05, 0) is 37.8 Å². The van der Waals surface area contributed by atoms with E-state index in [1.165, 1.54) is 6.20 Å². The van der Waals surface area contributed by atoms with Crippen LogP contribution >= 0.6 is 0 Å². The third kappa shape index (κ3) is 2.61. The monoisotopic (exact) mass is 249 g/mol. The molecule has 2 rings (SSSR count). The van der Waals surface area contributed by atoms with E-state index < -0.39 is 0 Å². The molecule has 1 amide bonds. The number of amides is 1. The zero-order valence-electron chi connectivity index (χ0n) is 10.6. The van der Waals surface area contributed by atoms with Crippen molar-refractivity contribution in [3.63, 3.8) is 0 Å². The molecule has 1 heterocycles. The SMILES string of the molecule is CN(C(=O)c1ccc[nH]c1=O)C1CCC(N)CC1. The van der Waals surface area contributed by atoms with E-state index in [-0.39, 0.29) is 29.1 Å². The lowest BCUT2D eigenvalue weighted by molar-refractivity contribution is 0.0688. The Bertz CT molecular complexity index is 475. The van der Waals surface area contributed by atoms with Gasteiger partial charge in [-0.2, -0.15) is 0 Å². The van der Waals surface area contributed by atoms with Crippen LogP contribution in [-0.4, -0.2) is 34.9 Å². The second-order valence-corrected chi connectivity index (χ2v) is 4.90. The van der Waals surface area contributed by atoms with Crippen LogP contribution in [0.1, 0.15) is 36.0 Å². The highest BCUT2D eigenvalue weighted by atomic mass is 16.2. The highest BCUT2D eigenvalue weighted by Gasteiger charge is 2.26. The summed E-state index contributed by atoms with van der Waals surface area (Å²) in [6.07, 6.45) is 5.22. The second kappa shape index (κ2) is 5.35. The Morgan fingerprint density at radius 2 is 2.06 bits per heavy atom. The molecule has 0 aromatic carbocycles. The maximum Gasteiger partial charge on any atom is 0.260 e. The summed E-state index contributed by atoms with van der Waals surface area (Å²) >= 11 is 0. The van der Waals surface area contributed by atoms with Gasteiger partial charge in [0.25, 0.3) is 11.5 Å². The van der Waals surface area contributed by atoms with E-state index in [2.05, 4.69) is 4.98 Å². The van der Waals surface area contributed by atoms with Crippen molar-refractivity contribution < 1.29 is 4.79 Å². The minimum Gasteiger partial charge on any atom is -0.339 e. The van der Waals surface area contributed by atoms with Crippen molar-refractivity contribution in [2.24, 2.45) is 5.73 Å². The smallest absolute Gasteiger partial charge is 0.260 e. The molecule has 0 aliphatic heterocycles. The van der Waals surface area contributed by atoms with Gasteiger partial charge in [0.2, 0.25) is 0 Å². The molecule has 0 saturated heterocycles. The molecule has 3 N–H and O–H groups in total. The highest BCUT2D eigenvalue weighted by Crippen LogP contribution is 2.21. The molecule has 1 aliphatic rings. The number of hydrogen-bond donors (Lipinski definition) is 2. The molecule has 0 bridgehead atoms. The van der Waals surface area contributed by atoms with E-state index in [1.807, 2.05) is 0 Å². The molecule has 1 saturated carbocycles. The first kappa shape index (κ1) is 12.8. The van der Waals surface area contributed by atoms with Crippen molar-refractivity contribution in [1.82, 2.24) is 9.88 Å². The van der Waals surface area contributed by atoms with Gasteiger partial charge in [0, 0.05) is 25.3 Å². The van der Waals surface area contributed by atoms with E-state index in [0.717, 1.165) is 25.7 Å². The van der Waals surface area contributed by atoms with Crippen molar-refractivity contribution in [1.29, 1.82) is 0 Å². The summed E-state index contributed by atoms with van der Waals surface area (Å²) in [5.41, 5.74) is 5.72. The number of rotatable bonds is 2. The number of hydrogen-bond acceptors (Lipinski definition) is 3. The van der Waals surface area contributed by atoms with Gasteiger partial charge in [0.05, 0.1) is 0 Å².